The van der Waals surface area contributed by atoms with E-state index in [9.17, 15) is 9.59 Å². The fourth-order valence-corrected chi connectivity index (χ4v) is 3.53. The van der Waals surface area contributed by atoms with Crippen LogP contribution in [-0.2, 0) is 17.9 Å². The van der Waals surface area contributed by atoms with E-state index in [1.807, 2.05) is 24.3 Å². The molecule has 0 radical (unpaired) electrons. The van der Waals surface area contributed by atoms with E-state index in [0.29, 0.717) is 11.7 Å². The Morgan fingerprint density at radius 1 is 1.21 bits per heavy atom. The van der Waals surface area contributed by atoms with Crippen LogP contribution >= 0.6 is 11.8 Å². The molecule has 0 aliphatic heterocycles. The van der Waals surface area contributed by atoms with Crippen molar-refractivity contribution >= 4 is 34.7 Å². The molecule has 0 aliphatic carbocycles. The second-order valence-corrected chi connectivity index (χ2v) is 7.76. The van der Waals surface area contributed by atoms with Crippen LogP contribution < -0.4 is 10.6 Å². The number of imide groups is 1. The van der Waals surface area contributed by atoms with Crippen LogP contribution in [0.5, 0.6) is 0 Å². The molecule has 2 N–H and O–H groups in total. The number of thioether (sulfide) groups is 1. The first kappa shape index (κ1) is 20.0. The Labute approximate surface area is 167 Å². The number of rotatable bonds is 8. The number of para-hydroxylation sites is 2. The first-order chi connectivity index (χ1) is 13.5. The van der Waals surface area contributed by atoms with Crippen molar-refractivity contribution in [1.29, 1.82) is 0 Å². The average molecular weight is 401 g/mol. The number of fused-ring (bicyclic) bond motifs is 1. The molecule has 0 saturated carbocycles. The molecule has 3 aromatic rings. The average Bonchev–Trinajstić information content (AvgIpc) is 3.30. The number of carbonyl (C=O) groups is 2. The van der Waals surface area contributed by atoms with Crippen molar-refractivity contribution < 1.29 is 14.0 Å². The summed E-state index contributed by atoms with van der Waals surface area (Å²) in [6.07, 6.45) is 2.55. The van der Waals surface area contributed by atoms with Gasteiger partial charge in [0.15, 0.2) is 5.16 Å². The van der Waals surface area contributed by atoms with Crippen LogP contribution in [0.25, 0.3) is 11.0 Å². The third-order valence-corrected chi connectivity index (χ3v) is 5.11. The molecule has 0 aliphatic rings. The molecular weight excluding hydrogens is 376 g/mol. The van der Waals surface area contributed by atoms with Crippen molar-refractivity contribution in [2.75, 3.05) is 5.75 Å². The molecule has 0 saturated heterocycles. The number of imidazole rings is 1. The highest BCUT2D eigenvalue weighted by molar-refractivity contribution is 7.99. The zero-order valence-electron chi connectivity index (χ0n) is 16.0. The monoisotopic (exact) mass is 400 g/mol. The third kappa shape index (κ3) is 5.39. The van der Waals surface area contributed by atoms with Gasteiger partial charge in [-0.25, -0.2) is 9.78 Å². The number of nitrogens with one attached hydrogen (secondary N) is 2. The van der Waals surface area contributed by atoms with Crippen LogP contribution in [0.15, 0.2) is 52.2 Å². The van der Waals surface area contributed by atoms with Crippen LogP contribution in [0.1, 0.15) is 26.0 Å². The van der Waals surface area contributed by atoms with E-state index in [4.69, 9.17) is 4.42 Å². The van der Waals surface area contributed by atoms with Crippen molar-refractivity contribution in [2.24, 2.45) is 5.92 Å². The van der Waals surface area contributed by atoms with Gasteiger partial charge in [-0.3, -0.25) is 10.1 Å². The van der Waals surface area contributed by atoms with Crippen molar-refractivity contribution in [2.45, 2.75) is 38.5 Å². The Morgan fingerprint density at radius 3 is 2.79 bits per heavy atom. The van der Waals surface area contributed by atoms with Gasteiger partial charge < -0.3 is 14.3 Å². The Bertz CT molecular complexity index is 934. The lowest BCUT2D eigenvalue weighted by molar-refractivity contribution is -0.117. The zero-order chi connectivity index (χ0) is 19.9. The summed E-state index contributed by atoms with van der Waals surface area (Å²) >= 11 is 1.33. The smallest absolute Gasteiger partial charge is 0.321 e. The van der Waals surface area contributed by atoms with Gasteiger partial charge in [-0.05, 0) is 36.6 Å². The summed E-state index contributed by atoms with van der Waals surface area (Å²) in [6.45, 7) is 5.43. The number of aryl methyl sites for hydroxylation is 1. The van der Waals surface area contributed by atoms with Gasteiger partial charge in [0.2, 0.25) is 5.91 Å². The van der Waals surface area contributed by atoms with E-state index in [-0.39, 0.29) is 18.2 Å². The summed E-state index contributed by atoms with van der Waals surface area (Å²) in [5, 5.41) is 5.70. The summed E-state index contributed by atoms with van der Waals surface area (Å²) in [7, 11) is 0. The van der Waals surface area contributed by atoms with Crippen molar-refractivity contribution in [3.63, 3.8) is 0 Å². The molecule has 0 unspecified atom stereocenters. The van der Waals surface area contributed by atoms with Gasteiger partial charge in [0.05, 0.1) is 29.6 Å². The number of aromatic nitrogens is 2. The molecule has 3 amide bonds. The van der Waals surface area contributed by atoms with Crippen LogP contribution in [0.4, 0.5) is 4.79 Å². The van der Waals surface area contributed by atoms with Crippen LogP contribution in [0.2, 0.25) is 0 Å². The summed E-state index contributed by atoms with van der Waals surface area (Å²) in [6, 6.07) is 10.9. The molecule has 8 heteroatoms. The maximum absolute atomic E-state index is 12.1. The molecule has 28 heavy (non-hydrogen) atoms. The molecule has 0 fully saturated rings. The topological polar surface area (TPSA) is 89.2 Å². The van der Waals surface area contributed by atoms with Crippen LogP contribution in [-0.4, -0.2) is 27.2 Å². The first-order valence-electron chi connectivity index (χ1n) is 9.21. The normalized spacial score (nSPS) is 11.1. The molecule has 0 spiro atoms. The third-order valence-electron chi connectivity index (χ3n) is 4.14. The fourth-order valence-electron chi connectivity index (χ4n) is 2.68. The number of furan rings is 1. The highest BCUT2D eigenvalue weighted by atomic mass is 32.2. The number of carbonyl (C=O) groups excluding carboxylic acids is 2. The van der Waals surface area contributed by atoms with Gasteiger partial charge >= 0.3 is 6.03 Å². The SMILES string of the molecule is CC(C)CCn1c(SCC(=O)NC(=O)NCc2ccco2)nc2ccccc21. The quantitative estimate of drug-likeness (QED) is 0.562. The molecule has 7 nitrogen and oxygen atoms in total. The van der Waals surface area contributed by atoms with E-state index in [0.717, 1.165) is 29.2 Å². The fraction of sp³-hybridized carbons (Fsp3) is 0.350. The Hall–Kier alpha value is -2.74. The lowest BCUT2D eigenvalue weighted by atomic mass is 10.1. The summed E-state index contributed by atoms with van der Waals surface area (Å²) in [5.74, 6) is 0.930. The van der Waals surface area contributed by atoms with Gasteiger partial charge in [-0.2, -0.15) is 0 Å². The van der Waals surface area contributed by atoms with Gasteiger partial charge in [0, 0.05) is 6.54 Å². The van der Waals surface area contributed by atoms with Gasteiger partial charge in [0.25, 0.3) is 0 Å². The van der Waals surface area contributed by atoms with Gasteiger partial charge in [0.1, 0.15) is 5.76 Å². The lowest BCUT2D eigenvalue weighted by Crippen LogP contribution is -2.39. The molecule has 3 rings (SSSR count). The van der Waals surface area contributed by atoms with Crippen molar-refractivity contribution in [3.05, 3.63) is 48.4 Å². The Morgan fingerprint density at radius 2 is 2.04 bits per heavy atom. The van der Waals surface area contributed by atoms with E-state index in [1.165, 1.54) is 18.0 Å². The van der Waals surface area contributed by atoms with Crippen molar-refractivity contribution in [3.8, 4) is 0 Å². The summed E-state index contributed by atoms with van der Waals surface area (Å²) < 4.78 is 7.28. The van der Waals surface area contributed by atoms with E-state index < -0.39 is 6.03 Å². The molecule has 148 valence electrons. The van der Waals surface area contributed by atoms with E-state index in [1.54, 1.807) is 12.1 Å². The van der Waals surface area contributed by atoms with Gasteiger partial charge in [-0.1, -0.05) is 37.7 Å². The predicted octanol–water partition coefficient (Wildman–Crippen LogP) is 3.79. The number of nitrogens with zero attached hydrogens (tertiary/aromatic N) is 2. The van der Waals surface area contributed by atoms with Crippen molar-refractivity contribution in [1.82, 2.24) is 20.2 Å². The Kier molecular flexibility index (Phi) is 6.76. The standard InChI is InChI=1S/C20H24N4O3S/c1-14(2)9-10-24-17-8-4-3-7-16(17)22-20(24)28-13-18(25)23-19(26)21-12-15-6-5-11-27-15/h3-8,11,14H,9-10,12-13H2,1-2H3,(H2,21,23,25,26). The Balaban J connectivity index is 1.57. The number of hydrogen-bond acceptors (Lipinski definition) is 5. The number of urea groups is 1. The van der Waals surface area contributed by atoms with E-state index >= 15 is 0 Å². The summed E-state index contributed by atoms with van der Waals surface area (Å²) in [5.41, 5.74) is 1.97. The molecule has 0 bridgehead atoms. The largest absolute Gasteiger partial charge is 0.467 e. The highest BCUT2D eigenvalue weighted by Crippen LogP contribution is 2.25. The molecule has 1 aromatic carbocycles. The maximum atomic E-state index is 12.1. The minimum absolute atomic E-state index is 0.110. The molecule has 0 atom stereocenters. The highest BCUT2D eigenvalue weighted by Gasteiger charge is 2.14. The molecule has 2 heterocycles. The minimum Gasteiger partial charge on any atom is -0.467 e. The predicted molar refractivity (Wildman–Crippen MR) is 109 cm³/mol. The second-order valence-electron chi connectivity index (χ2n) is 6.82. The summed E-state index contributed by atoms with van der Waals surface area (Å²) in [4.78, 5) is 28.6. The van der Waals surface area contributed by atoms with Crippen LogP contribution in [0.3, 0.4) is 0 Å². The number of hydrogen-bond donors (Lipinski definition) is 2. The lowest BCUT2D eigenvalue weighted by Gasteiger charge is -2.10. The van der Waals surface area contributed by atoms with Gasteiger partial charge in [-0.15, -0.1) is 0 Å². The van der Waals surface area contributed by atoms with E-state index in [2.05, 4.69) is 34.0 Å². The minimum atomic E-state index is -0.546. The molecular formula is C20H24N4O3S. The maximum Gasteiger partial charge on any atom is 0.321 e. The van der Waals surface area contributed by atoms with Crippen LogP contribution in [0, 0.1) is 5.92 Å². The molecule has 2 aromatic heterocycles. The zero-order valence-corrected chi connectivity index (χ0v) is 16.8. The first-order valence-corrected chi connectivity index (χ1v) is 10.2. The number of benzene rings is 1. The number of amides is 3. The second kappa shape index (κ2) is 9.45.